The molecular weight excluding hydrogens is 504 g/mol. The normalized spacial score (nSPS) is 15.4. The van der Waals surface area contributed by atoms with Gasteiger partial charge < -0.3 is 26.0 Å². The van der Waals surface area contributed by atoms with Crippen molar-refractivity contribution >= 4 is 34.5 Å². The molecule has 0 radical (unpaired) electrons. The molecule has 0 aliphatic carbocycles. The minimum Gasteiger partial charge on any atom is -0.870 e. The maximum atomic E-state index is 11.7. The lowest BCUT2D eigenvalue weighted by molar-refractivity contribution is -0.138. The smallest absolute Gasteiger partial charge is 0.303 e. The number of hydrogen-bond acceptors (Lipinski definition) is 6. The first-order valence-electron chi connectivity index (χ1n) is 13.2. The SMILES string of the molecule is CC(C)(C)Cc1c([SH+]C(C)(C)C)[nH]c2c(CN3CCN(CCNC(=O)CCC(=O)O)CC3)c(O)ccc12.[OH-]. The van der Waals surface area contributed by atoms with Crippen LogP contribution in [0.5, 0.6) is 5.75 Å². The van der Waals surface area contributed by atoms with Gasteiger partial charge in [-0.05, 0) is 44.7 Å². The molecule has 3 rings (SSSR count). The summed E-state index contributed by atoms with van der Waals surface area (Å²) < 4.78 is 0.127. The highest BCUT2D eigenvalue weighted by atomic mass is 32.2. The predicted octanol–water partition coefficient (Wildman–Crippen LogP) is 3.36. The van der Waals surface area contributed by atoms with Gasteiger partial charge in [0.2, 0.25) is 10.9 Å². The molecule has 9 nitrogen and oxygen atoms in total. The van der Waals surface area contributed by atoms with Crippen molar-refractivity contribution in [2.24, 2.45) is 5.41 Å². The van der Waals surface area contributed by atoms with Gasteiger partial charge in [-0.1, -0.05) is 20.8 Å². The molecule has 0 atom stereocenters. The summed E-state index contributed by atoms with van der Waals surface area (Å²) in [6.45, 7) is 19.0. The predicted molar refractivity (Wildman–Crippen MR) is 153 cm³/mol. The Bertz CT molecular complexity index is 1100. The van der Waals surface area contributed by atoms with Crippen molar-refractivity contribution in [1.29, 1.82) is 0 Å². The second kappa shape index (κ2) is 13.2. The van der Waals surface area contributed by atoms with Gasteiger partial charge in [-0.2, -0.15) is 0 Å². The number of phenolic OH excluding ortho intramolecular Hbond substituents is 1. The van der Waals surface area contributed by atoms with Crippen LogP contribution in [0.3, 0.4) is 0 Å². The number of hydrogen-bond donors (Lipinski definition) is 4. The molecule has 10 heteroatoms. The van der Waals surface area contributed by atoms with Crippen LogP contribution in [-0.2, 0) is 34.3 Å². The van der Waals surface area contributed by atoms with Crippen molar-refractivity contribution in [3.8, 4) is 5.75 Å². The van der Waals surface area contributed by atoms with Gasteiger partial charge in [0.25, 0.3) is 0 Å². The molecule has 0 spiro atoms. The molecule has 5 N–H and O–H groups in total. The number of aromatic hydroxyl groups is 1. The van der Waals surface area contributed by atoms with Crippen LogP contribution < -0.4 is 5.32 Å². The third-order valence-corrected chi connectivity index (χ3v) is 7.74. The molecule has 1 aromatic carbocycles. The van der Waals surface area contributed by atoms with Gasteiger partial charge in [0.15, 0.2) is 0 Å². The van der Waals surface area contributed by atoms with Gasteiger partial charge in [-0.3, -0.25) is 19.4 Å². The summed E-state index contributed by atoms with van der Waals surface area (Å²) in [5, 5.41) is 24.8. The zero-order valence-corrected chi connectivity index (χ0v) is 24.6. The number of piperazine rings is 1. The lowest BCUT2D eigenvalue weighted by Gasteiger charge is -2.34. The number of H-pyrrole nitrogens is 1. The number of carbonyl (C=O) groups excluding carboxylic acids is 1. The van der Waals surface area contributed by atoms with Gasteiger partial charge in [-0.25, -0.2) is 0 Å². The number of rotatable bonds is 10. The number of carboxylic acid groups (broad SMARTS) is 1. The summed E-state index contributed by atoms with van der Waals surface area (Å²) in [7, 11) is 0. The highest BCUT2D eigenvalue weighted by Crippen LogP contribution is 2.37. The summed E-state index contributed by atoms with van der Waals surface area (Å²) in [6, 6.07) is 3.91. The van der Waals surface area contributed by atoms with Crippen LogP contribution in [0.1, 0.15) is 65.5 Å². The summed E-state index contributed by atoms with van der Waals surface area (Å²) >= 11 is 1.26. The molecule has 2 aromatic rings. The molecule has 214 valence electrons. The number of aromatic nitrogens is 1. The number of phenols is 1. The Kier molecular flexibility index (Phi) is 11.1. The number of nitrogens with zero attached hydrogens (tertiary/aromatic N) is 2. The van der Waals surface area contributed by atoms with Crippen molar-refractivity contribution in [3.05, 3.63) is 23.3 Å². The fourth-order valence-electron chi connectivity index (χ4n) is 4.71. The number of carboxylic acids is 1. The van der Waals surface area contributed by atoms with Gasteiger partial charge in [0, 0.05) is 80.5 Å². The third-order valence-electron chi connectivity index (χ3n) is 6.46. The minimum absolute atomic E-state index is 0. The maximum Gasteiger partial charge on any atom is 0.303 e. The highest BCUT2D eigenvalue weighted by Gasteiger charge is 2.30. The van der Waals surface area contributed by atoms with Crippen LogP contribution in [0.4, 0.5) is 0 Å². The molecule has 1 aromatic heterocycles. The van der Waals surface area contributed by atoms with Gasteiger partial charge >= 0.3 is 5.97 Å². The average Bonchev–Trinajstić information content (AvgIpc) is 3.09. The summed E-state index contributed by atoms with van der Waals surface area (Å²) in [6.07, 6.45) is 0.854. The van der Waals surface area contributed by atoms with E-state index in [0.29, 0.717) is 18.8 Å². The van der Waals surface area contributed by atoms with Crippen LogP contribution in [-0.4, -0.2) is 86.4 Å². The number of carbonyl (C=O) groups is 2. The second-order valence-corrected chi connectivity index (χ2v) is 14.3. The van der Waals surface area contributed by atoms with E-state index in [2.05, 4.69) is 67.7 Å². The maximum absolute atomic E-state index is 11.7. The average molecular weight is 551 g/mol. The van der Waals surface area contributed by atoms with E-state index in [4.69, 9.17) is 5.11 Å². The molecule has 1 saturated heterocycles. The first kappa shape index (κ1) is 31.9. The fraction of sp³-hybridized carbons (Fsp3) is 0.643. The van der Waals surface area contributed by atoms with Crippen LogP contribution in [0.15, 0.2) is 17.2 Å². The largest absolute Gasteiger partial charge is 0.870 e. The van der Waals surface area contributed by atoms with Crippen molar-refractivity contribution in [2.75, 3.05) is 39.3 Å². The Morgan fingerprint density at radius 2 is 1.63 bits per heavy atom. The van der Waals surface area contributed by atoms with Crippen molar-refractivity contribution in [2.45, 2.75) is 77.1 Å². The molecule has 1 fully saturated rings. The van der Waals surface area contributed by atoms with Crippen molar-refractivity contribution in [1.82, 2.24) is 20.1 Å². The Labute approximate surface area is 230 Å². The quantitative estimate of drug-likeness (QED) is 0.263. The first-order chi connectivity index (χ1) is 17.2. The van der Waals surface area contributed by atoms with Crippen LogP contribution >= 0.6 is 0 Å². The molecule has 1 amide bonds. The Morgan fingerprint density at radius 3 is 2.21 bits per heavy atom. The second-order valence-electron chi connectivity index (χ2n) is 12.3. The number of fused-ring (bicyclic) bond motifs is 1. The topological polar surface area (TPSA) is 139 Å². The summed E-state index contributed by atoms with van der Waals surface area (Å²) in [4.78, 5) is 30.7. The lowest BCUT2D eigenvalue weighted by Crippen LogP contribution is -2.48. The molecule has 38 heavy (non-hydrogen) atoms. The Balaban J connectivity index is 0.00000507. The molecule has 0 unspecified atom stereocenters. The van der Waals surface area contributed by atoms with E-state index in [1.807, 2.05) is 6.07 Å². The molecular formula is C28H46N4O5S. The zero-order chi connectivity index (χ0) is 27.4. The standard InChI is InChI=1S/C28H44N4O4S.H2O/c1-27(2,3)17-20-19-7-8-22(33)21(25(19)30-26(20)37-28(4,5)6)18-32-15-13-31(14-16-32)12-11-29-23(34)9-10-24(35)36;/h7-8,30,33H,9-18H2,1-6H3,(H,29,34)(H,35,36);1H2. The first-order valence-corrected chi connectivity index (χ1v) is 14.1. The van der Waals surface area contributed by atoms with Crippen LogP contribution in [0.25, 0.3) is 10.9 Å². The van der Waals surface area contributed by atoms with Crippen molar-refractivity contribution < 1.29 is 25.3 Å². The summed E-state index contributed by atoms with van der Waals surface area (Å²) in [5.41, 5.74) is 3.52. The molecule has 0 saturated carbocycles. The van der Waals surface area contributed by atoms with E-state index in [-0.39, 0.29) is 34.4 Å². The Morgan fingerprint density at radius 1 is 1.00 bits per heavy atom. The van der Waals surface area contributed by atoms with E-state index in [9.17, 15) is 14.7 Å². The van der Waals surface area contributed by atoms with E-state index in [0.717, 1.165) is 50.2 Å². The number of thiol groups is 1. The fourth-order valence-corrected chi connectivity index (χ4v) is 5.88. The molecule has 1 aliphatic heterocycles. The number of aliphatic carboxylic acids is 1. The van der Waals surface area contributed by atoms with E-state index >= 15 is 0 Å². The van der Waals surface area contributed by atoms with Gasteiger partial charge in [0.05, 0.1) is 11.9 Å². The zero-order valence-electron chi connectivity index (χ0n) is 23.7. The van der Waals surface area contributed by atoms with Gasteiger partial charge in [0.1, 0.15) is 10.5 Å². The van der Waals surface area contributed by atoms with Crippen LogP contribution in [0, 0.1) is 5.41 Å². The molecule has 1 aliphatic rings. The van der Waals surface area contributed by atoms with Crippen LogP contribution in [0.2, 0.25) is 0 Å². The number of nitrogens with one attached hydrogen (secondary N) is 2. The van der Waals surface area contributed by atoms with Gasteiger partial charge in [-0.15, -0.1) is 0 Å². The molecule has 2 heterocycles. The van der Waals surface area contributed by atoms with E-state index < -0.39 is 5.97 Å². The number of aromatic amines is 1. The monoisotopic (exact) mass is 550 g/mol. The third kappa shape index (κ3) is 9.48. The van der Waals surface area contributed by atoms with E-state index in [1.165, 1.54) is 27.7 Å². The highest BCUT2D eigenvalue weighted by molar-refractivity contribution is 7.80. The van der Waals surface area contributed by atoms with Crippen molar-refractivity contribution in [3.63, 3.8) is 0 Å². The number of benzene rings is 1. The van der Waals surface area contributed by atoms with E-state index in [1.54, 1.807) is 0 Å². The summed E-state index contributed by atoms with van der Waals surface area (Å²) in [5.74, 6) is -0.837. The minimum atomic E-state index is -0.956. The lowest BCUT2D eigenvalue weighted by atomic mass is 9.88. The molecule has 0 bridgehead atoms. The number of amides is 1. The Hall–Kier alpha value is -2.27.